The van der Waals surface area contributed by atoms with Gasteiger partial charge in [0.15, 0.2) is 0 Å². The molecule has 0 aliphatic heterocycles. The zero-order chi connectivity index (χ0) is 13.5. The Morgan fingerprint density at radius 2 is 2.00 bits per heavy atom. The van der Waals surface area contributed by atoms with Crippen LogP contribution in [0.5, 0.6) is 0 Å². The van der Waals surface area contributed by atoms with Crippen LogP contribution in [-0.2, 0) is 11.2 Å². The van der Waals surface area contributed by atoms with Crippen molar-refractivity contribution in [1.82, 2.24) is 15.3 Å². The van der Waals surface area contributed by atoms with Crippen molar-refractivity contribution in [3.05, 3.63) is 60.2 Å². The summed E-state index contributed by atoms with van der Waals surface area (Å²) in [6.45, 7) is 2.05. The molecule has 19 heavy (non-hydrogen) atoms. The Bertz CT molecular complexity index is 513. The number of pyridine rings is 2. The van der Waals surface area contributed by atoms with E-state index in [-0.39, 0.29) is 11.9 Å². The van der Waals surface area contributed by atoms with Gasteiger partial charge < -0.3 is 5.32 Å². The highest BCUT2D eigenvalue weighted by molar-refractivity contribution is 5.78. The van der Waals surface area contributed by atoms with Gasteiger partial charge in [-0.1, -0.05) is 13.0 Å². The van der Waals surface area contributed by atoms with E-state index in [0.29, 0.717) is 6.42 Å². The molecular weight excluding hydrogens is 238 g/mol. The van der Waals surface area contributed by atoms with Gasteiger partial charge in [-0.2, -0.15) is 0 Å². The highest BCUT2D eigenvalue weighted by Crippen LogP contribution is 2.15. The van der Waals surface area contributed by atoms with Crippen LogP contribution in [0.15, 0.2) is 49.1 Å². The second kappa shape index (κ2) is 6.64. The van der Waals surface area contributed by atoms with E-state index in [1.807, 2.05) is 31.2 Å². The molecule has 2 aromatic rings. The van der Waals surface area contributed by atoms with Crippen molar-refractivity contribution in [2.75, 3.05) is 0 Å². The standard InChI is InChI=1S/C15H17N3O/c1-2-14(13-4-3-7-17-11-13)18-15(19)10-12-5-8-16-9-6-12/h3-9,11,14H,2,10H2,1H3,(H,18,19). The smallest absolute Gasteiger partial charge is 0.224 e. The Morgan fingerprint density at radius 1 is 1.21 bits per heavy atom. The first kappa shape index (κ1) is 13.2. The summed E-state index contributed by atoms with van der Waals surface area (Å²) < 4.78 is 0. The Labute approximate surface area is 112 Å². The molecule has 0 aliphatic rings. The number of nitrogens with zero attached hydrogens (tertiary/aromatic N) is 2. The molecule has 0 spiro atoms. The van der Waals surface area contributed by atoms with Gasteiger partial charge in [-0.15, -0.1) is 0 Å². The monoisotopic (exact) mass is 255 g/mol. The van der Waals surface area contributed by atoms with Crippen LogP contribution in [0.3, 0.4) is 0 Å². The van der Waals surface area contributed by atoms with Crippen molar-refractivity contribution in [3.63, 3.8) is 0 Å². The van der Waals surface area contributed by atoms with Crippen LogP contribution in [0, 0.1) is 0 Å². The number of rotatable bonds is 5. The molecule has 1 atom stereocenters. The maximum Gasteiger partial charge on any atom is 0.224 e. The number of nitrogens with one attached hydrogen (secondary N) is 1. The summed E-state index contributed by atoms with van der Waals surface area (Å²) in [5, 5.41) is 3.03. The molecule has 2 rings (SSSR count). The van der Waals surface area contributed by atoms with Crippen LogP contribution >= 0.6 is 0 Å². The first-order valence-corrected chi connectivity index (χ1v) is 6.37. The minimum absolute atomic E-state index is 0.0157. The largest absolute Gasteiger partial charge is 0.349 e. The lowest BCUT2D eigenvalue weighted by molar-refractivity contribution is -0.121. The molecule has 98 valence electrons. The lowest BCUT2D eigenvalue weighted by Gasteiger charge is -2.17. The van der Waals surface area contributed by atoms with Gasteiger partial charge in [-0.05, 0) is 35.7 Å². The first-order chi connectivity index (χ1) is 9.29. The third-order valence-corrected chi connectivity index (χ3v) is 2.94. The van der Waals surface area contributed by atoms with Crippen LogP contribution in [0.25, 0.3) is 0 Å². The van der Waals surface area contributed by atoms with E-state index in [0.717, 1.165) is 17.5 Å². The number of hydrogen-bond donors (Lipinski definition) is 1. The molecule has 4 heteroatoms. The maximum atomic E-state index is 12.0. The summed E-state index contributed by atoms with van der Waals surface area (Å²) in [6, 6.07) is 7.58. The molecule has 2 heterocycles. The third kappa shape index (κ3) is 3.88. The van der Waals surface area contributed by atoms with Crippen LogP contribution in [0.1, 0.15) is 30.5 Å². The molecule has 2 aromatic heterocycles. The minimum atomic E-state index is 0.0157. The fourth-order valence-corrected chi connectivity index (χ4v) is 1.93. The molecule has 0 aromatic carbocycles. The Balaban J connectivity index is 1.97. The Morgan fingerprint density at radius 3 is 2.63 bits per heavy atom. The van der Waals surface area contributed by atoms with Gasteiger partial charge in [0, 0.05) is 24.8 Å². The average molecular weight is 255 g/mol. The summed E-state index contributed by atoms with van der Waals surface area (Å²) in [5.41, 5.74) is 2.00. The van der Waals surface area contributed by atoms with Crippen molar-refractivity contribution in [1.29, 1.82) is 0 Å². The van der Waals surface area contributed by atoms with Crippen LogP contribution in [0.2, 0.25) is 0 Å². The summed E-state index contributed by atoms with van der Waals surface area (Å²) in [6.07, 6.45) is 8.13. The third-order valence-electron chi connectivity index (χ3n) is 2.94. The SMILES string of the molecule is CCC(NC(=O)Cc1ccncc1)c1cccnc1. The maximum absolute atomic E-state index is 12.0. The molecule has 0 radical (unpaired) electrons. The fourth-order valence-electron chi connectivity index (χ4n) is 1.93. The van der Waals surface area contributed by atoms with E-state index >= 15 is 0 Å². The highest BCUT2D eigenvalue weighted by atomic mass is 16.1. The number of amides is 1. The van der Waals surface area contributed by atoms with Gasteiger partial charge >= 0.3 is 0 Å². The van der Waals surface area contributed by atoms with Gasteiger partial charge in [-0.25, -0.2) is 0 Å². The molecule has 1 unspecified atom stereocenters. The fraction of sp³-hybridized carbons (Fsp3) is 0.267. The van der Waals surface area contributed by atoms with E-state index in [2.05, 4.69) is 15.3 Å². The molecule has 1 amide bonds. The van der Waals surface area contributed by atoms with Gasteiger partial charge in [0.05, 0.1) is 12.5 Å². The normalized spacial score (nSPS) is 11.8. The first-order valence-electron chi connectivity index (χ1n) is 6.37. The second-order valence-electron chi connectivity index (χ2n) is 4.35. The molecule has 4 nitrogen and oxygen atoms in total. The van der Waals surface area contributed by atoms with Crippen LogP contribution < -0.4 is 5.32 Å². The molecule has 0 bridgehead atoms. The van der Waals surface area contributed by atoms with Gasteiger partial charge in [0.1, 0.15) is 0 Å². The number of carbonyl (C=O) groups excluding carboxylic acids is 1. The topological polar surface area (TPSA) is 54.9 Å². The Hall–Kier alpha value is -2.23. The molecule has 0 saturated carbocycles. The Kier molecular flexibility index (Phi) is 4.61. The zero-order valence-electron chi connectivity index (χ0n) is 10.9. The molecule has 0 saturated heterocycles. The second-order valence-corrected chi connectivity index (χ2v) is 4.35. The quantitative estimate of drug-likeness (QED) is 0.891. The number of hydrogen-bond acceptors (Lipinski definition) is 3. The molecule has 1 N–H and O–H groups in total. The van der Waals surface area contributed by atoms with E-state index in [9.17, 15) is 4.79 Å². The van der Waals surface area contributed by atoms with E-state index in [4.69, 9.17) is 0 Å². The van der Waals surface area contributed by atoms with Gasteiger partial charge in [0.25, 0.3) is 0 Å². The van der Waals surface area contributed by atoms with Crippen molar-refractivity contribution >= 4 is 5.91 Å². The van der Waals surface area contributed by atoms with E-state index in [1.54, 1.807) is 24.8 Å². The van der Waals surface area contributed by atoms with Crippen molar-refractivity contribution in [3.8, 4) is 0 Å². The van der Waals surface area contributed by atoms with Crippen molar-refractivity contribution in [2.24, 2.45) is 0 Å². The predicted molar refractivity (Wildman–Crippen MR) is 73.4 cm³/mol. The predicted octanol–water partition coefficient (Wildman–Crippen LogP) is 2.29. The molecule has 0 aliphatic carbocycles. The number of carbonyl (C=O) groups is 1. The van der Waals surface area contributed by atoms with E-state index < -0.39 is 0 Å². The zero-order valence-corrected chi connectivity index (χ0v) is 10.9. The number of aromatic nitrogens is 2. The summed E-state index contributed by atoms with van der Waals surface area (Å²) in [5.74, 6) is 0.0157. The summed E-state index contributed by atoms with van der Waals surface area (Å²) in [4.78, 5) is 20.0. The lowest BCUT2D eigenvalue weighted by atomic mass is 10.1. The molecular formula is C15H17N3O. The summed E-state index contributed by atoms with van der Waals surface area (Å²) in [7, 11) is 0. The highest BCUT2D eigenvalue weighted by Gasteiger charge is 2.12. The minimum Gasteiger partial charge on any atom is -0.349 e. The lowest BCUT2D eigenvalue weighted by Crippen LogP contribution is -2.29. The van der Waals surface area contributed by atoms with Gasteiger partial charge in [0.2, 0.25) is 5.91 Å². The van der Waals surface area contributed by atoms with E-state index in [1.165, 1.54) is 0 Å². The van der Waals surface area contributed by atoms with Crippen molar-refractivity contribution < 1.29 is 4.79 Å². The van der Waals surface area contributed by atoms with Crippen LogP contribution in [-0.4, -0.2) is 15.9 Å². The molecule has 0 fully saturated rings. The van der Waals surface area contributed by atoms with Crippen molar-refractivity contribution in [2.45, 2.75) is 25.8 Å². The summed E-state index contributed by atoms with van der Waals surface area (Å²) >= 11 is 0. The van der Waals surface area contributed by atoms with Gasteiger partial charge in [-0.3, -0.25) is 14.8 Å². The van der Waals surface area contributed by atoms with Crippen LogP contribution in [0.4, 0.5) is 0 Å². The average Bonchev–Trinajstić information content (AvgIpc) is 2.47.